The van der Waals surface area contributed by atoms with E-state index in [9.17, 15) is 13.2 Å². The van der Waals surface area contributed by atoms with Gasteiger partial charge in [-0.25, -0.2) is 4.98 Å². The van der Waals surface area contributed by atoms with E-state index in [4.69, 9.17) is 11.6 Å². The molecule has 0 saturated carbocycles. The SMILES string of the molecule is FC(F)(F)c1cc(Br)c2ncc(-c3ccc(Cl)cc3)nc2c1. The first-order chi connectivity index (χ1) is 10.3. The average Bonchev–Trinajstić information content (AvgIpc) is 2.46. The predicted molar refractivity (Wildman–Crippen MR) is 82.7 cm³/mol. The number of aromatic nitrogens is 2. The van der Waals surface area contributed by atoms with Crippen molar-refractivity contribution in [1.82, 2.24) is 9.97 Å². The van der Waals surface area contributed by atoms with E-state index < -0.39 is 11.7 Å². The third kappa shape index (κ3) is 2.94. The first-order valence-corrected chi connectivity index (χ1v) is 7.31. The lowest BCUT2D eigenvalue weighted by Gasteiger charge is -2.09. The van der Waals surface area contributed by atoms with Crippen LogP contribution in [0.15, 0.2) is 47.1 Å². The second-order valence-corrected chi connectivity index (χ2v) is 5.88. The maximum Gasteiger partial charge on any atom is 0.416 e. The Hall–Kier alpha value is -1.66. The van der Waals surface area contributed by atoms with Crippen molar-refractivity contribution in [2.75, 3.05) is 0 Å². The van der Waals surface area contributed by atoms with Crippen LogP contribution in [0.2, 0.25) is 5.02 Å². The molecule has 0 radical (unpaired) electrons. The summed E-state index contributed by atoms with van der Waals surface area (Å²) in [7, 11) is 0. The standard InChI is InChI=1S/C15H7BrClF3N2/c16-11-5-9(15(18,19)20)6-12-14(11)21-7-13(22-12)8-1-3-10(17)4-2-8/h1-7H. The molecule has 1 aromatic heterocycles. The van der Waals surface area contributed by atoms with Gasteiger partial charge in [-0.05, 0) is 40.2 Å². The Balaban J connectivity index is 2.18. The molecule has 0 N–H and O–H groups in total. The van der Waals surface area contributed by atoms with Crippen LogP contribution in [0.5, 0.6) is 0 Å². The lowest BCUT2D eigenvalue weighted by molar-refractivity contribution is -0.137. The Morgan fingerprint density at radius 3 is 2.36 bits per heavy atom. The Bertz CT molecular complexity index is 848. The molecule has 2 aromatic carbocycles. The number of fused-ring (bicyclic) bond motifs is 1. The Labute approximate surface area is 137 Å². The van der Waals surface area contributed by atoms with Gasteiger partial charge in [-0.15, -0.1) is 0 Å². The van der Waals surface area contributed by atoms with Gasteiger partial charge in [0, 0.05) is 15.1 Å². The maximum atomic E-state index is 12.9. The van der Waals surface area contributed by atoms with Gasteiger partial charge in [-0.1, -0.05) is 23.7 Å². The molecule has 0 fully saturated rings. The summed E-state index contributed by atoms with van der Waals surface area (Å²) in [6.07, 6.45) is -2.92. The molecular formula is C15H7BrClF3N2. The van der Waals surface area contributed by atoms with Crippen molar-refractivity contribution in [3.63, 3.8) is 0 Å². The smallest absolute Gasteiger partial charge is 0.251 e. The van der Waals surface area contributed by atoms with Gasteiger partial charge in [0.2, 0.25) is 0 Å². The average molecular weight is 388 g/mol. The fourth-order valence-corrected chi connectivity index (χ4v) is 2.68. The molecular weight excluding hydrogens is 381 g/mol. The van der Waals surface area contributed by atoms with Gasteiger partial charge in [-0.2, -0.15) is 13.2 Å². The van der Waals surface area contributed by atoms with E-state index in [-0.39, 0.29) is 9.99 Å². The maximum absolute atomic E-state index is 12.9. The zero-order chi connectivity index (χ0) is 15.9. The summed E-state index contributed by atoms with van der Waals surface area (Å²) in [4.78, 5) is 8.47. The molecule has 3 rings (SSSR count). The second kappa shape index (κ2) is 5.52. The summed E-state index contributed by atoms with van der Waals surface area (Å²) in [6.45, 7) is 0. The van der Waals surface area contributed by atoms with Gasteiger partial charge in [0.1, 0.15) is 5.52 Å². The molecule has 112 valence electrons. The molecule has 3 aromatic rings. The van der Waals surface area contributed by atoms with E-state index >= 15 is 0 Å². The number of benzene rings is 2. The minimum atomic E-state index is -4.44. The lowest BCUT2D eigenvalue weighted by atomic mass is 10.1. The normalized spacial score (nSPS) is 11.9. The highest BCUT2D eigenvalue weighted by Crippen LogP contribution is 2.34. The van der Waals surface area contributed by atoms with Crippen molar-refractivity contribution in [3.05, 3.63) is 57.7 Å². The van der Waals surface area contributed by atoms with Gasteiger partial charge in [0.25, 0.3) is 0 Å². The molecule has 0 spiro atoms. The molecule has 0 amide bonds. The molecule has 2 nitrogen and oxygen atoms in total. The van der Waals surface area contributed by atoms with Crippen LogP contribution in [-0.2, 0) is 6.18 Å². The third-order valence-electron chi connectivity index (χ3n) is 3.07. The summed E-state index contributed by atoms with van der Waals surface area (Å²) in [5, 5.41) is 0.569. The molecule has 0 aliphatic heterocycles. The van der Waals surface area contributed by atoms with E-state index in [1.54, 1.807) is 24.3 Å². The monoisotopic (exact) mass is 386 g/mol. The topological polar surface area (TPSA) is 25.8 Å². The summed E-state index contributed by atoms with van der Waals surface area (Å²) < 4.78 is 38.9. The van der Waals surface area contributed by atoms with Crippen molar-refractivity contribution in [2.45, 2.75) is 6.18 Å². The van der Waals surface area contributed by atoms with Crippen LogP contribution in [0, 0.1) is 0 Å². The van der Waals surface area contributed by atoms with Gasteiger partial charge in [0.05, 0.1) is 23.0 Å². The quantitative estimate of drug-likeness (QED) is 0.533. The van der Waals surface area contributed by atoms with E-state index in [1.165, 1.54) is 6.20 Å². The molecule has 0 atom stereocenters. The first-order valence-electron chi connectivity index (χ1n) is 6.14. The van der Waals surface area contributed by atoms with Crippen LogP contribution in [0.25, 0.3) is 22.3 Å². The number of hydrogen-bond donors (Lipinski definition) is 0. The number of rotatable bonds is 1. The lowest BCUT2D eigenvalue weighted by Crippen LogP contribution is -2.05. The van der Waals surface area contributed by atoms with E-state index in [0.717, 1.165) is 17.7 Å². The molecule has 1 heterocycles. The Morgan fingerprint density at radius 1 is 1.05 bits per heavy atom. The fraction of sp³-hybridized carbons (Fsp3) is 0.0667. The van der Waals surface area contributed by atoms with Crippen LogP contribution in [0.3, 0.4) is 0 Å². The Kier molecular flexibility index (Phi) is 3.82. The summed E-state index contributed by atoms with van der Waals surface area (Å²) in [6, 6.07) is 8.84. The highest BCUT2D eigenvalue weighted by molar-refractivity contribution is 9.10. The first kappa shape index (κ1) is 15.2. The summed E-state index contributed by atoms with van der Waals surface area (Å²) in [5.41, 5.74) is 0.997. The molecule has 0 unspecified atom stereocenters. The fourth-order valence-electron chi connectivity index (χ4n) is 2.01. The Morgan fingerprint density at radius 2 is 1.73 bits per heavy atom. The molecule has 7 heteroatoms. The number of halogens is 5. The van der Waals surface area contributed by atoms with Crippen LogP contribution >= 0.6 is 27.5 Å². The zero-order valence-electron chi connectivity index (χ0n) is 10.8. The van der Waals surface area contributed by atoms with Crippen molar-refractivity contribution in [2.24, 2.45) is 0 Å². The van der Waals surface area contributed by atoms with E-state index in [0.29, 0.717) is 16.2 Å². The molecule has 0 aliphatic rings. The van der Waals surface area contributed by atoms with Gasteiger partial charge < -0.3 is 0 Å². The van der Waals surface area contributed by atoms with Crippen LogP contribution < -0.4 is 0 Å². The third-order valence-corrected chi connectivity index (χ3v) is 3.92. The second-order valence-electron chi connectivity index (χ2n) is 4.59. The van der Waals surface area contributed by atoms with Gasteiger partial charge >= 0.3 is 6.18 Å². The van der Waals surface area contributed by atoms with Crippen molar-refractivity contribution in [1.29, 1.82) is 0 Å². The predicted octanol–water partition coefficient (Wildman–Crippen LogP) is 5.73. The number of nitrogens with zero attached hydrogens (tertiary/aromatic N) is 2. The highest BCUT2D eigenvalue weighted by atomic mass is 79.9. The van der Waals surface area contributed by atoms with E-state index in [2.05, 4.69) is 25.9 Å². The number of hydrogen-bond acceptors (Lipinski definition) is 2. The van der Waals surface area contributed by atoms with Crippen molar-refractivity contribution >= 4 is 38.6 Å². The van der Waals surface area contributed by atoms with Crippen molar-refractivity contribution in [3.8, 4) is 11.3 Å². The summed E-state index contributed by atoms with van der Waals surface area (Å²) >= 11 is 8.93. The van der Waals surface area contributed by atoms with E-state index in [1.807, 2.05) is 0 Å². The molecule has 0 aliphatic carbocycles. The largest absolute Gasteiger partial charge is 0.416 e. The minimum Gasteiger partial charge on any atom is -0.251 e. The summed E-state index contributed by atoms with van der Waals surface area (Å²) in [5.74, 6) is 0. The highest BCUT2D eigenvalue weighted by Gasteiger charge is 2.31. The number of alkyl halides is 3. The van der Waals surface area contributed by atoms with Gasteiger partial charge in [0.15, 0.2) is 0 Å². The van der Waals surface area contributed by atoms with Gasteiger partial charge in [-0.3, -0.25) is 4.98 Å². The zero-order valence-corrected chi connectivity index (χ0v) is 13.2. The van der Waals surface area contributed by atoms with Crippen LogP contribution in [-0.4, -0.2) is 9.97 Å². The molecule has 22 heavy (non-hydrogen) atoms. The molecule has 0 saturated heterocycles. The van der Waals surface area contributed by atoms with Crippen LogP contribution in [0.1, 0.15) is 5.56 Å². The van der Waals surface area contributed by atoms with Crippen LogP contribution in [0.4, 0.5) is 13.2 Å². The minimum absolute atomic E-state index is 0.175. The molecule has 0 bridgehead atoms. The van der Waals surface area contributed by atoms with Crippen molar-refractivity contribution < 1.29 is 13.2 Å².